The Morgan fingerprint density at radius 1 is 1.50 bits per heavy atom. The summed E-state index contributed by atoms with van der Waals surface area (Å²) >= 11 is 4.90. The number of nitrogens with two attached hydrogens (primary N) is 2. The summed E-state index contributed by atoms with van der Waals surface area (Å²) < 4.78 is 0. The zero-order valence-corrected chi connectivity index (χ0v) is 9.80. The Kier molecular flexibility index (Phi) is 4.19. The summed E-state index contributed by atoms with van der Waals surface area (Å²) in [6, 6.07) is 3.63. The van der Waals surface area contributed by atoms with Crippen molar-refractivity contribution in [3.8, 4) is 0 Å². The summed E-state index contributed by atoms with van der Waals surface area (Å²) in [6.07, 6.45) is 0.242. The highest BCUT2D eigenvalue weighted by molar-refractivity contribution is 7.80. The van der Waals surface area contributed by atoms with Crippen LogP contribution in [0.15, 0.2) is 12.1 Å². The lowest BCUT2D eigenvalue weighted by Crippen LogP contribution is -2.19. The van der Waals surface area contributed by atoms with Crippen molar-refractivity contribution in [2.45, 2.75) is 13.3 Å². The van der Waals surface area contributed by atoms with Gasteiger partial charge < -0.3 is 16.8 Å². The lowest BCUT2D eigenvalue weighted by Gasteiger charge is -2.10. The van der Waals surface area contributed by atoms with E-state index >= 15 is 0 Å². The van der Waals surface area contributed by atoms with Crippen LogP contribution in [0.5, 0.6) is 0 Å². The molecule has 86 valence electrons. The number of nitrogens with zero attached hydrogens (tertiary/aromatic N) is 1. The van der Waals surface area contributed by atoms with Crippen LogP contribution in [-0.4, -0.2) is 22.4 Å². The Balaban J connectivity index is 2.80. The van der Waals surface area contributed by atoms with Gasteiger partial charge >= 0.3 is 0 Å². The molecule has 16 heavy (non-hydrogen) atoms. The van der Waals surface area contributed by atoms with E-state index in [4.69, 9.17) is 23.7 Å². The average Bonchev–Trinajstić information content (AvgIpc) is 2.16. The Labute approximate surface area is 99.2 Å². The number of rotatable bonds is 5. The smallest absolute Gasteiger partial charge is 0.219 e. The van der Waals surface area contributed by atoms with Crippen molar-refractivity contribution >= 4 is 28.9 Å². The molecule has 1 aromatic heterocycles. The Hall–Kier alpha value is -1.69. The highest BCUT2D eigenvalue weighted by Crippen LogP contribution is 2.13. The molecule has 5 nitrogen and oxygen atoms in total. The second kappa shape index (κ2) is 5.41. The van der Waals surface area contributed by atoms with Gasteiger partial charge in [-0.3, -0.25) is 4.79 Å². The van der Waals surface area contributed by atoms with Gasteiger partial charge in [0.15, 0.2) is 0 Å². The molecule has 0 saturated carbocycles. The highest BCUT2D eigenvalue weighted by Gasteiger charge is 2.06. The molecule has 0 aliphatic heterocycles. The van der Waals surface area contributed by atoms with Crippen molar-refractivity contribution in [1.82, 2.24) is 4.98 Å². The van der Waals surface area contributed by atoms with E-state index in [2.05, 4.69) is 10.3 Å². The molecular weight excluding hydrogens is 224 g/mol. The third-order valence-electron chi connectivity index (χ3n) is 1.96. The molecule has 0 bridgehead atoms. The van der Waals surface area contributed by atoms with Gasteiger partial charge in [-0.1, -0.05) is 12.2 Å². The fourth-order valence-electron chi connectivity index (χ4n) is 1.19. The van der Waals surface area contributed by atoms with E-state index in [0.717, 1.165) is 5.69 Å². The molecule has 0 aliphatic rings. The van der Waals surface area contributed by atoms with Crippen molar-refractivity contribution in [1.29, 1.82) is 0 Å². The van der Waals surface area contributed by atoms with Crippen molar-refractivity contribution in [3.63, 3.8) is 0 Å². The number of hydrogen-bond donors (Lipinski definition) is 3. The number of anilines is 1. The van der Waals surface area contributed by atoms with Crippen LogP contribution in [-0.2, 0) is 4.79 Å². The maximum absolute atomic E-state index is 10.6. The zero-order chi connectivity index (χ0) is 12.1. The minimum atomic E-state index is -0.364. The first kappa shape index (κ1) is 12.4. The van der Waals surface area contributed by atoms with Crippen LogP contribution in [0.25, 0.3) is 0 Å². The van der Waals surface area contributed by atoms with Crippen LogP contribution in [0.3, 0.4) is 0 Å². The van der Waals surface area contributed by atoms with Gasteiger partial charge in [-0.15, -0.1) is 0 Å². The number of carbonyl (C=O) groups is 1. The van der Waals surface area contributed by atoms with E-state index < -0.39 is 0 Å². The van der Waals surface area contributed by atoms with Gasteiger partial charge in [0, 0.05) is 18.7 Å². The molecule has 0 spiro atoms. The van der Waals surface area contributed by atoms with E-state index in [-0.39, 0.29) is 17.3 Å². The number of primary amides is 1. The van der Waals surface area contributed by atoms with Gasteiger partial charge in [0.2, 0.25) is 5.91 Å². The lowest BCUT2D eigenvalue weighted by atomic mass is 10.2. The lowest BCUT2D eigenvalue weighted by molar-refractivity contribution is -0.117. The molecule has 1 heterocycles. The average molecular weight is 238 g/mol. The molecule has 5 N–H and O–H groups in total. The quantitative estimate of drug-likeness (QED) is 0.642. The summed E-state index contributed by atoms with van der Waals surface area (Å²) in [6.45, 7) is 2.28. The molecule has 0 radical (unpaired) electrons. The number of hydrogen-bond acceptors (Lipinski definition) is 4. The van der Waals surface area contributed by atoms with Crippen LogP contribution in [0, 0.1) is 6.92 Å². The van der Waals surface area contributed by atoms with Crippen molar-refractivity contribution in [3.05, 3.63) is 23.4 Å². The number of aromatic nitrogens is 1. The molecule has 1 rings (SSSR count). The minimum absolute atomic E-state index is 0.242. The normalized spacial score (nSPS) is 9.81. The molecule has 0 fully saturated rings. The second-order valence-electron chi connectivity index (χ2n) is 3.36. The number of amides is 1. The molecular formula is C10H14N4OS. The number of pyridine rings is 1. The summed E-state index contributed by atoms with van der Waals surface area (Å²) in [7, 11) is 0. The number of thiocarbonyl (C=S) groups is 1. The fraction of sp³-hybridized carbons (Fsp3) is 0.300. The third kappa shape index (κ3) is 3.47. The largest absolute Gasteiger partial charge is 0.389 e. The standard InChI is InChI=1S/C10H14N4OS/c1-6-2-3-7(9(12)16)10(14-6)13-5-4-8(11)15/h2-3H,4-5H2,1H3,(H2,11,15)(H2,12,16)(H,13,14). The van der Waals surface area contributed by atoms with Gasteiger partial charge in [-0.05, 0) is 19.1 Å². The topological polar surface area (TPSA) is 94.0 Å². The first-order valence-corrected chi connectivity index (χ1v) is 5.21. The maximum atomic E-state index is 10.6. The molecule has 0 aliphatic carbocycles. The van der Waals surface area contributed by atoms with Gasteiger partial charge in [0.25, 0.3) is 0 Å². The SMILES string of the molecule is Cc1ccc(C(N)=S)c(NCCC(N)=O)n1. The van der Waals surface area contributed by atoms with Crippen LogP contribution >= 0.6 is 12.2 Å². The third-order valence-corrected chi connectivity index (χ3v) is 2.18. The van der Waals surface area contributed by atoms with E-state index in [1.165, 1.54) is 0 Å². The monoisotopic (exact) mass is 238 g/mol. The number of carbonyl (C=O) groups excluding carboxylic acids is 1. The molecule has 1 aromatic rings. The van der Waals surface area contributed by atoms with Gasteiger partial charge in [0.05, 0.1) is 5.56 Å². The molecule has 0 aromatic carbocycles. The van der Waals surface area contributed by atoms with Crippen LogP contribution in [0.4, 0.5) is 5.82 Å². The Morgan fingerprint density at radius 2 is 2.19 bits per heavy atom. The van der Waals surface area contributed by atoms with Crippen molar-refractivity contribution < 1.29 is 4.79 Å². The van der Waals surface area contributed by atoms with E-state index in [1.807, 2.05) is 13.0 Å². The first-order chi connectivity index (χ1) is 7.50. The summed E-state index contributed by atoms with van der Waals surface area (Å²) in [5, 5.41) is 2.99. The van der Waals surface area contributed by atoms with Crippen LogP contribution in [0.2, 0.25) is 0 Å². The van der Waals surface area contributed by atoms with Gasteiger partial charge in [-0.2, -0.15) is 0 Å². The summed E-state index contributed by atoms with van der Waals surface area (Å²) in [5.41, 5.74) is 12.1. The molecule has 1 amide bonds. The number of aryl methyl sites for hydroxylation is 1. The van der Waals surface area contributed by atoms with E-state index in [0.29, 0.717) is 17.9 Å². The van der Waals surface area contributed by atoms with E-state index in [9.17, 15) is 4.79 Å². The Bertz CT molecular complexity index is 419. The summed E-state index contributed by atoms with van der Waals surface area (Å²) in [5.74, 6) is 0.228. The van der Waals surface area contributed by atoms with Crippen LogP contribution < -0.4 is 16.8 Å². The Morgan fingerprint density at radius 3 is 2.75 bits per heavy atom. The fourth-order valence-corrected chi connectivity index (χ4v) is 1.36. The summed E-state index contributed by atoms with van der Waals surface area (Å²) in [4.78, 5) is 15.1. The maximum Gasteiger partial charge on any atom is 0.219 e. The predicted octanol–water partition coefficient (Wildman–Crippen LogP) is 0.312. The predicted molar refractivity (Wildman–Crippen MR) is 67.2 cm³/mol. The molecule has 0 atom stereocenters. The van der Waals surface area contributed by atoms with Crippen molar-refractivity contribution in [2.24, 2.45) is 11.5 Å². The highest BCUT2D eigenvalue weighted by atomic mass is 32.1. The van der Waals surface area contributed by atoms with E-state index in [1.54, 1.807) is 6.07 Å². The number of nitrogens with one attached hydrogen (secondary N) is 1. The molecule has 0 saturated heterocycles. The van der Waals surface area contributed by atoms with Crippen LogP contribution in [0.1, 0.15) is 17.7 Å². The minimum Gasteiger partial charge on any atom is -0.389 e. The molecule has 6 heteroatoms. The first-order valence-electron chi connectivity index (χ1n) is 4.80. The zero-order valence-electron chi connectivity index (χ0n) is 8.99. The molecule has 0 unspecified atom stereocenters. The van der Waals surface area contributed by atoms with Crippen molar-refractivity contribution in [2.75, 3.05) is 11.9 Å². The van der Waals surface area contributed by atoms with Gasteiger partial charge in [0.1, 0.15) is 10.8 Å². The second-order valence-corrected chi connectivity index (χ2v) is 3.80. The van der Waals surface area contributed by atoms with Gasteiger partial charge in [-0.25, -0.2) is 4.98 Å².